The van der Waals surface area contributed by atoms with Crippen LogP contribution < -0.4 is 10.5 Å². The molecule has 1 fully saturated rings. The fraction of sp³-hybridized carbons (Fsp3) is 0.333. The molecule has 0 atom stereocenters. The molecule has 0 N–H and O–H groups in total. The Hall–Kier alpha value is -3.01. The van der Waals surface area contributed by atoms with Gasteiger partial charge in [0.1, 0.15) is 15.8 Å². The van der Waals surface area contributed by atoms with Gasteiger partial charge in [-0.1, -0.05) is 54.3 Å². The lowest BCUT2D eigenvalue weighted by Crippen LogP contribution is -2.34. The van der Waals surface area contributed by atoms with Crippen LogP contribution in [0, 0.1) is 6.92 Å². The lowest BCUT2D eigenvalue weighted by molar-refractivity contribution is -0.122. The van der Waals surface area contributed by atoms with Crippen molar-refractivity contribution in [3.63, 3.8) is 0 Å². The average Bonchev–Trinajstić information content (AvgIpc) is 3.15. The Balaban J connectivity index is 1.55. The zero-order chi connectivity index (χ0) is 25.2. The second-order valence-corrected chi connectivity index (χ2v) is 10.6. The standard InChI is InChI=1S/C27H28N4O3S2/c1-3-34-14-6-12-30-26(33)22(36-27(30)35)15-21-24(28-23-10-9-18(2)16-31(23)25(21)32)29-13-11-19-7-4-5-8-20(19)17-29/h4-5,7-10,15-16H,3,6,11-14,17H2,1-2H3/b22-15-. The number of hydrogen-bond acceptors (Lipinski definition) is 7. The van der Waals surface area contributed by atoms with E-state index in [-0.39, 0.29) is 11.5 Å². The minimum Gasteiger partial charge on any atom is -0.382 e. The predicted octanol–water partition coefficient (Wildman–Crippen LogP) is 4.19. The number of benzene rings is 1. The summed E-state index contributed by atoms with van der Waals surface area (Å²) in [6.45, 7) is 6.98. The van der Waals surface area contributed by atoms with Gasteiger partial charge in [0.15, 0.2) is 0 Å². The first kappa shape index (κ1) is 24.7. The summed E-state index contributed by atoms with van der Waals surface area (Å²) in [4.78, 5) is 36.1. The SMILES string of the molecule is CCOCCCN1C(=O)/C(=C/c2c(N3CCc4ccccc4C3)nc3ccc(C)cn3c2=O)SC1=S. The molecule has 2 aliphatic heterocycles. The Bertz CT molecular complexity index is 1430. The number of nitrogens with zero attached hydrogens (tertiary/aromatic N) is 4. The molecule has 0 bridgehead atoms. The maximum atomic E-state index is 13.8. The van der Waals surface area contributed by atoms with Gasteiger partial charge in [-0.3, -0.25) is 18.9 Å². The average molecular weight is 521 g/mol. The van der Waals surface area contributed by atoms with Gasteiger partial charge in [-0.15, -0.1) is 0 Å². The summed E-state index contributed by atoms with van der Waals surface area (Å²) in [6, 6.07) is 12.2. The third-order valence-corrected chi connectivity index (χ3v) is 7.82. The van der Waals surface area contributed by atoms with Crippen molar-refractivity contribution in [3.8, 4) is 0 Å². The number of hydrogen-bond donors (Lipinski definition) is 0. The molecule has 0 aliphatic carbocycles. The van der Waals surface area contributed by atoms with Gasteiger partial charge in [0, 0.05) is 39.0 Å². The van der Waals surface area contributed by atoms with Crippen LogP contribution in [0.25, 0.3) is 11.7 Å². The van der Waals surface area contributed by atoms with Gasteiger partial charge in [0.05, 0.1) is 10.5 Å². The fourth-order valence-corrected chi connectivity index (χ4v) is 5.87. The summed E-state index contributed by atoms with van der Waals surface area (Å²) in [5.74, 6) is 0.421. The molecule has 0 unspecified atom stereocenters. The number of rotatable bonds is 7. The molecule has 1 amide bonds. The topological polar surface area (TPSA) is 67.2 Å². The number of carbonyl (C=O) groups excluding carboxylic acids is 1. The van der Waals surface area contributed by atoms with Crippen molar-refractivity contribution in [1.29, 1.82) is 0 Å². The number of pyridine rings is 1. The van der Waals surface area contributed by atoms with Crippen molar-refractivity contribution in [2.45, 2.75) is 33.2 Å². The van der Waals surface area contributed by atoms with E-state index < -0.39 is 0 Å². The van der Waals surface area contributed by atoms with E-state index in [0.717, 1.165) is 18.5 Å². The Morgan fingerprint density at radius 3 is 2.78 bits per heavy atom. The van der Waals surface area contributed by atoms with Crippen molar-refractivity contribution >= 4 is 51.7 Å². The maximum Gasteiger partial charge on any atom is 0.267 e. The van der Waals surface area contributed by atoms with Gasteiger partial charge in [-0.05, 0) is 55.5 Å². The minimum absolute atomic E-state index is 0.176. The largest absolute Gasteiger partial charge is 0.382 e. The first-order valence-electron chi connectivity index (χ1n) is 12.1. The number of aromatic nitrogens is 2. The summed E-state index contributed by atoms with van der Waals surface area (Å²) < 4.78 is 7.46. The van der Waals surface area contributed by atoms with Crippen LogP contribution in [0.1, 0.15) is 35.6 Å². The van der Waals surface area contributed by atoms with E-state index in [0.29, 0.717) is 59.0 Å². The molecule has 1 aromatic carbocycles. The zero-order valence-corrected chi connectivity index (χ0v) is 22.0. The second kappa shape index (κ2) is 10.5. The maximum absolute atomic E-state index is 13.8. The van der Waals surface area contributed by atoms with Crippen molar-refractivity contribution in [2.24, 2.45) is 0 Å². The highest BCUT2D eigenvalue weighted by molar-refractivity contribution is 8.26. The summed E-state index contributed by atoms with van der Waals surface area (Å²) in [5, 5.41) is 0. The smallest absolute Gasteiger partial charge is 0.267 e. The number of thiocarbonyl (C=S) groups is 1. The quantitative estimate of drug-likeness (QED) is 0.263. The normalized spacial score (nSPS) is 16.9. The molecule has 2 aliphatic rings. The second-order valence-electron chi connectivity index (χ2n) is 8.91. The summed E-state index contributed by atoms with van der Waals surface area (Å²) in [6.07, 6.45) is 5.04. The highest BCUT2D eigenvalue weighted by Crippen LogP contribution is 2.34. The first-order valence-corrected chi connectivity index (χ1v) is 13.4. The zero-order valence-electron chi connectivity index (χ0n) is 20.4. The first-order chi connectivity index (χ1) is 17.5. The van der Waals surface area contributed by atoms with Crippen LogP contribution in [0.2, 0.25) is 0 Å². The molecule has 0 radical (unpaired) electrons. The molecule has 2 aromatic heterocycles. The molecular weight excluding hydrogens is 492 g/mol. The summed E-state index contributed by atoms with van der Waals surface area (Å²) in [5.41, 5.74) is 4.29. The molecule has 3 aromatic rings. The van der Waals surface area contributed by atoms with Crippen LogP contribution >= 0.6 is 24.0 Å². The van der Waals surface area contributed by atoms with Crippen LogP contribution in [0.5, 0.6) is 0 Å². The number of aryl methyl sites for hydroxylation is 1. The summed E-state index contributed by atoms with van der Waals surface area (Å²) >= 11 is 6.73. The molecule has 36 heavy (non-hydrogen) atoms. The molecule has 7 nitrogen and oxygen atoms in total. The highest BCUT2D eigenvalue weighted by Gasteiger charge is 2.33. The third-order valence-electron chi connectivity index (χ3n) is 6.44. The van der Waals surface area contributed by atoms with E-state index in [1.165, 1.54) is 22.9 Å². The molecule has 5 rings (SSSR count). The number of ether oxygens (including phenoxy) is 1. The third kappa shape index (κ3) is 4.83. The lowest BCUT2D eigenvalue weighted by Gasteiger charge is -2.30. The molecule has 9 heteroatoms. The number of thioether (sulfide) groups is 1. The minimum atomic E-state index is -0.195. The monoisotopic (exact) mass is 520 g/mol. The van der Waals surface area contributed by atoms with E-state index >= 15 is 0 Å². The van der Waals surface area contributed by atoms with E-state index in [4.69, 9.17) is 21.9 Å². The van der Waals surface area contributed by atoms with Gasteiger partial charge >= 0.3 is 0 Å². The number of carbonyl (C=O) groups is 1. The van der Waals surface area contributed by atoms with E-state index in [1.807, 2.05) is 32.0 Å². The van der Waals surface area contributed by atoms with Crippen LogP contribution in [0.15, 0.2) is 52.3 Å². The van der Waals surface area contributed by atoms with Crippen LogP contribution in [0.3, 0.4) is 0 Å². The van der Waals surface area contributed by atoms with Gasteiger partial charge in [-0.25, -0.2) is 4.98 Å². The Morgan fingerprint density at radius 1 is 1.17 bits per heavy atom. The molecular formula is C27H28N4O3S2. The highest BCUT2D eigenvalue weighted by atomic mass is 32.2. The van der Waals surface area contributed by atoms with E-state index in [9.17, 15) is 9.59 Å². The number of anilines is 1. The van der Waals surface area contributed by atoms with Gasteiger partial charge < -0.3 is 9.64 Å². The van der Waals surface area contributed by atoms with Gasteiger partial charge in [0.25, 0.3) is 11.5 Å². The van der Waals surface area contributed by atoms with Crippen molar-refractivity contribution in [3.05, 3.63) is 80.1 Å². The van der Waals surface area contributed by atoms with E-state index in [1.54, 1.807) is 21.6 Å². The number of fused-ring (bicyclic) bond motifs is 2. The molecule has 0 spiro atoms. The van der Waals surface area contributed by atoms with Crippen molar-refractivity contribution in [1.82, 2.24) is 14.3 Å². The van der Waals surface area contributed by atoms with Crippen molar-refractivity contribution < 1.29 is 9.53 Å². The Kier molecular flexibility index (Phi) is 7.22. The molecule has 4 heterocycles. The van der Waals surface area contributed by atoms with Gasteiger partial charge in [0.2, 0.25) is 0 Å². The van der Waals surface area contributed by atoms with Crippen molar-refractivity contribution in [2.75, 3.05) is 31.2 Å². The Morgan fingerprint density at radius 2 is 1.97 bits per heavy atom. The van der Waals surface area contributed by atoms with Crippen LogP contribution in [-0.2, 0) is 22.5 Å². The van der Waals surface area contributed by atoms with E-state index in [2.05, 4.69) is 23.1 Å². The molecule has 186 valence electrons. The molecule has 1 saturated heterocycles. The fourth-order valence-electron chi connectivity index (χ4n) is 4.58. The lowest BCUT2D eigenvalue weighted by atomic mass is 9.99. The van der Waals surface area contributed by atoms with Crippen LogP contribution in [0.4, 0.5) is 5.82 Å². The van der Waals surface area contributed by atoms with Crippen LogP contribution in [-0.4, -0.2) is 50.8 Å². The Labute approximate surface area is 219 Å². The number of amides is 1. The molecule has 0 saturated carbocycles. The predicted molar refractivity (Wildman–Crippen MR) is 148 cm³/mol. The summed E-state index contributed by atoms with van der Waals surface area (Å²) in [7, 11) is 0. The van der Waals surface area contributed by atoms with Gasteiger partial charge in [-0.2, -0.15) is 0 Å².